The van der Waals surface area contributed by atoms with Crippen LogP contribution in [-0.4, -0.2) is 26.7 Å². The molecule has 0 unspecified atom stereocenters. The normalized spacial score (nSPS) is 16.2. The maximum absolute atomic E-state index is 12.5. The fourth-order valence-electron chi connectivity index (χ4n) is 3.08. The van der Waals surface area contributed by atoms with Crippen molar-refractivity contribution in [3.63, 3.8) is 0 Å². The second kappa shape index (κ2) is 8.80. The molecule has 150 valence electrons. The molecule has 1 aliphatic rings. The maximum Gasteiger partial charge on any atom is 0.266 e. The van der Waals surface area contributed by atoms with Gasteiger partial charge in [-0.2, -0.15) is 5.26 Å². The third kappa shape index (κ3) is 3.96. The molecule has 7 nitrogen and oxygen atoms in total. The zero-order valence-corrected chi connectivity index (χ0v) is 17.2. The van der Waals surface area contributed by atoms with E-state index in [0.717, 1.165) is 11.3 Å². The number of hydrogen-bond donors (Lipinski definition) is 2. The molecule has 1 aliphatic heterocycles. The van der Waals surface area contributed by atoms with Crippen LogP contribution in [0.1, 0.15) is 18.7 Å². The van der Waals surface area contributed by atoms with Gasteiger partial charge in [-0.15, -0.1) is 12.6 Å². The third-order valence-corrected chi connectivity index (χ3v) is 4.91. The highest BCUT2D eigenvalue weighted by molar-refractivity contribution is 7.84. The zero-order chi connectivity index (χ0) is 21.0. The van der Waals surface area contributed by atoms with E-state index in [4.69, 9.17) is 14.2 Å². The van der Waals surface area contributed by atoms with Crippen molar-refractivity contribution in [3.05, 3.63) is 58.6 Å². The minimum absolute atomic E-state index is 0.0571. The topological polar surface area (TPSA) is 83.8 Å². The lowest BCUT2D eigenvalue weighted by Crippen LogP contribution is -2.46. The number of benzene rings is 2. The highest BCUT2D eigenvalue weighted by Gasteiger charge is 2.34. The van der Waals surface area contributed by atoms with Gasteiger partial charge in [0.15, 0.2) is 11.5 Å². The van der Waals surface area contributed by atoms with Gasteiger partial charge in [0.05, 0.1) is 25.9 Å². The van der Waals surface area contributed by atoms with E-state index in [-0.39, 0.29) is 10.6 Å². The van der Waals surface area contributed by atoms with Gasteiger partial charge in [-0.05, 0) is 48.9 Å². The van der Waals surface area contributed by atoms with Gasteiger partial charge in [-0.1, -0.05) is 6.07 Å². The summed E-state index contributed by atoms with van der Waals surface area (Å²) in [6.45, 7) is 2.39. The summed E-state index contributed by atoms with van der Waals surface area (Å²) in [6.07, 6.45) is -0.593. The summed E-state index contributed by atoms with van der Waals surface area (Å²) in [5.74, 6) is 1.36. The summed E-state index contributed by atoms with van der Waals surface area (Å²) < 4.78 is 16.2. The molecule has 1 N–H and O–H groups in total. The highest BCUT2D eigenvalue weighted by atomic mass is 32.1. The Morgan fingerprint density at radius 3 is 2.45 bits per heavy atom. The van der Waals surface area contributed by atoms with Crippen LogP contribution in [0, 0.1) is 11.3 Å². The first-order valence-electron chi connectivity index (χ1n) is 8.92. The molecule has 0 radical (unpaired) electrons. The summed E-state index contributed by atoms with van der Waals surface area (Å²) in [5.41, 5.74) is 1.43. The first-order chi connectivity index (χ1) is 14.0. The van der Waals surface area contributed by atoms with Crippen molar-refractivity contribution in [3.8, 4) is 23.3 Å². The van der Waals surface area contributed by atoms with E-state index in [1.165, 1.54) is 0 Å². The number of rotatable bonds is 6. The number of nitriles is 1. The van der Waals surface area contributed by atoms with E-state index in [9.17, 15) is 10.1 Å². The van der Waals surface area contributed by atoms with Crippen LogP contribution in [0.3, 0.4) is 0 Å². The van der Waals surface area contributed by atoms with Crippen LogP contribution >= 0.6 is 12.6 Å². The van der Waals surface area contributed by atoms with Gasteiger partial charge in [-0.25, -0.2) is 0 Å². The number of nitrogens with zero attached hydrogens (tertiary/aromatic N) is 2. The number of nitrogens with one attached hydrogen (secondary N) is 1. The Hall–Kier alpha value is -3.31. The molecule has 1 amide bonds. The maximum atomic E-state index is 12.5. The minimum Gasteiger partial charge on any atom is -0.497 e. The van der Waals surface area contributed by atoms with Gasteiger partial charge in [0.1, 0.15) is 23.6 Å². The van der Waals surface area contributed by atoms with Crippen molar-refractivity contribution in [2.45, 2.75) is 13.1 Å². The van der Waals surface area contributed by atoms with E-state index in [1.807, 2.05) is 31.2 Å². The van der Waals surface area contributed by atoms with Gasteiger partial charge in [0, 0.05) is 5.69 Å². The average molecular weight is 411 g/mol. The molecule has 0 saturated carbocycles. The number of hydrogen-bond acceptors (Lipinski definition) is 7. The fraction of sp³-hybridized carbons (Fsp3) is 0.238. The quantitative estimate of drug-likeness (QED) is 0.709. The number of thiol groups is 1. The zero-order valence-electron chi connectivity index (χ0n) is 16.3. The van der Waals surface area contributed by atoms with Crippen molar-refractivity contribution in [2.24, 2.45) is 0 Å². The van der Waals surface area contributed by atoms with Crippen LogP contribution in [0.25, 0.3) is 0 Å². The lowest BCUT2D eigenvalue weighted by atomic mass is 10.1. The summed E-state index contributed by atoms with van der Waals surface area (Å²) in [5, 5.41) is 12.5. The van der Waals surface area contributed by atoms with Gasteiger partial charge in [0.2, 0.25) is 0 Å². The standard InChI is InChI=1S/C21H21N3O4S/c1-4-28-17-10-5-13(11-18(17)27-3)19-23-20(25)16(12-22)21(29)24(19)14-6-8-15(26-2)9-7-14/h5-11,19,29H,4H2,1-3H3,(H,23,25)/t19-/m1/s1. The largest absolute Gasteiger partial charge is 0.497 e. The molecule has 0 spiro atoms. The van der Waals surface area contributed by atoms with Crippen LogP contribution in [0.5, 0.6) is 17.2 Å². The number of ether oxygens (including phenoxy) is 3. The van der Waals surface area contributed by atoms with Crippen LogP contribution < -0.4 is 24.4 Å². The number of methoxy groups -OCH3 is 2. The van der Waals surface area contributed by atoms with E-state index in [0.29, 0.717) is 23.9 Å². The van der Waals surface area contributed by atoms with E-state index in [2.05, 4.69) is 17.9 Å². The Kier molecular flexibility index (Phi) is 6.20. The molecule has 1 atom stereocenters. The molecule has 0 fully saturated rings. The third-order valence-electron chi connectivity index (χ3n) is 4.47. The predicted molar refractivity (Wildman–Crippen MR) is 112 cm³/mol. The first kappa shape index (κ1) is 20.4. The molecule has 1 heterocycles. The molecule has 8 heteroatoms. The summed E-state index contributed by atoms with van der Waals surface area (Å²) >= 11 is 4.50. The van der Waals surface area contributed by atoms with E-state index >= 15 is 0 Å². The van der Waals surface area contributed by atoms with Crippen molar-refractivity contribution in [1.29, 1.82) is 5.26 Å². The molecule has 2 aromatic carbocycles. The molecule has 2 aromatic rings. The van der Waals surface area contributed by atoms with Gasteiger partial charge in [-0.3, -0.25) is 4.79 Å². The smallest absolute Gasteiger partial charge is 0.266 e. The monoisotopic (exact) mass is 411 g/mol. The molecule has 0 bridgehead atoms. The van der Waals surface area contributed by atoms with E-state index < -0.39 is 12.1 Å². The van der Waals surface area contributed by atoms with Crippen LogP contribution in [0.2, 0.25) is 0 Å². The Morgan fingerprint density at radius 1 is 1.14 bits per heavy atom. The van der Waals surface area contributed by atoms with Crippen molar-refractivity contribution < 1.29 is 19.0 Å². The van der Waals surface area contributed by atoms with Crippen molar-refractivity contribution >= 4 is 24.2 Å². The second-order valence-electron chi connectivity index (χ2n) is 6.10. The summed E-state index contributed by atoms with van der Waals surface area (Å²) in [7, 11) is 3.14. The number of amides is 1. The Labute approximate surface area is 174 Å². The van der Waals surface area contributed by atoms with Crippen molar-refractivity contribution in [1.82, 2.24) is 5.32 Å². The lowest BCUT2D eigenvalue weighted by Gasteiger charge is -2.38. The van der Waals surface area contributed by atoms with Crippen LogP contribution in [0.15, 0.2) is 53.1 Å². The Bertz CT molecular complexity index is 982. The van der Waals surface area contributed by atoms with E-state index in [1.54, 1.807) is 43.4 Å². The molecule has 29 heavy (non-hydrogen) atoms. The molecular formula is C21H21N3O4S. The van der Waals surface area contributed by atoms with Crippen molar-refractivity contribution in [2.75, 3.05) is 25.7 Å². The molecule has 0 saturated heterocycles. The minimum atomic E-state index is -0.593. The number of anilines is 1. The Balaban J connectivity index is 2.11. The lowest BCUT2D eigenvalue weighted by molar-refractivity contribution is -0.118. The van der Waals surface area contributed by atoms with Crippen LogP contribution in [0.4, 0.5) is 5.69 Å². The summed E-state index contributed by atoms with van der Waals surface area (Å²) in [4.78, 5) is 14.3. The molecule has 3 rings (SSSR count). The average Bonchev–Trinajstić information content (AvgIpc) is 2.74. The molecular weight excluding hydrogens is 390 g/mol. The number of carbonyl (C=O) groups excluding carboxylic acids is 1. The first-order valence-corrected chi connectivity index (χ1v) is 9.37. The molecule has 0 aromatic heterocycles. The highest BCUT2D eigenvalue weighted by Crippen LogP contribution is 2.38. The van der Waals surface area contributed by atoms with Gasteiger partial charge in [0.25, 0.3) is 5.91 Å². The Morgan fingerprint density at radius 2 is 1.86 bits per heavy atom. The number of carbonyl (C=O) groups is 1. The fourth-order valence-corrected chi connectivity index (χ4v) is 3.46. The SMILES string of the molecule is CCOc1ccc([C@@H]2NC(=O)C(C#N)=C(S)N2c2ccc(OC)cc2)cc1OC. The van der Waals surface area contributed by atoms with Gasteiger partial charge >= 0.3 is 0 Å². The van der Waals surface area contributed by atoms with Crippen LogP contribution in [-0.2, 0) is 4.79 Å². The second-order valence-corrected chi connectivity index (χ2v) is 6.52. The molecule has 0 aliphatic carbocycles. The summed E-state index contributed by atoms with van der Waals surface area (Å²) in [6, 6.07) is 14.6. The van der Waals surface area contributed by atoms with Gasteiger partial charge < -0.3 is 24.4 Å². The predicted octanol–water partition coefficient (Wildman–Crippen LogP) is 3.40.